The van der Waals surface area contributed by atoms with Crippen molar-refractivity contribution in [3.8, 4) is 0 Å². The van der Waals surface area contributed by atoms with Gasteiger partial charge < -0.3 is 5.32 Å². The Hall–Kier alpha value is -1.19. The SMILES string of the molecule is CCc1cccnc1CNCc1ccc(Br)cc1. The Kier molecular flexibility index (Phi) is 4.90. The lowest BCUT2D eigenvalue weighted by atomic mass is 10.1. The predicted octanol–water partition coefficient (Wildman–Crippen LogP) is 3.70. The van der Waals surface area contributed by atoms with Crippen LogP contribution >= 0.6 is 15.9 Å². The molecule has 0 amide bonds. The maximum Gasteiger partial charge on any atom is 0.0573 e. The van der Waals surface area contributed by atoms with E-state index in [4.69, 9.17) is 0 Å². The minimum atomic E-state index is 0.820. The molecule has 1 N–H and O–H groups in total. The lowest BCUT2D eigenvalue weighted by Gasteiger charge is -2.08. The average Bonchev–Trinajstić information content (AvgIpc) is 2.41. The van der Waals surface area contributed by atoms with Crippen molar-refractivity contribution in [3.05, 3.63) is 63.9 Å². The summed E-state index contributed by atoms with van der Waals surface area (Å²) < 4.78 is 1.12. The van der Waals surface area contributed by atoms with Gasteiger partial charge in [0, 0.05) is 23.8 Å². The van der Waals surface area contributed by atoms with E-state index in [1.165, 1.54) is 11.1 Å². The molecule has 3 heteroatoms. The van der Waals surface area contributed by atoms with Crippen LogP contribution in [0.4, 0.5) is 0 Å². The summed E-state index contributed by atoms with van der Waals surface area (Å²) in [5.74, 6) is 0. The number of hydrogen-bond acceptors (Lipinski definition) is 2. The monoisotopic (exact) mass is 304 g/mol. The fraction of sp³-hybridized carbons (Fsp3) is 0.267. The third-order valence-electron chi connectivity index (χ3n) is 2.90. The van der Waals surface area contributed by atoms with Gasteiger partial charge in [-0.25, -0.2) is 0 Å². The zero-order valence-corrected chi connectivity index (χ0v) is 12.1. The van der Waals surface area contributed by atoms with Crippen molar-refractivity contribution in [3.63, 3.8) is 0 Å². The number of pyridine rings is 1. The molecule has 2 rings (SSSR count). The molecule has 0 aliphatic carbocycles. The number of benzene rings is 1. The minimum absolute atomic E-state index is 0.820. The van der Waals surface area contributed by atoms with Crippen LogP contribution in [0.5, 0.6) is 0 Å². The first kappa shape index (κ1) is 13.2. The van der Waals surface area contributed by atoms with Crippen LogP contribution in [0.1, 0.15) is 23.7 Å². The number of nitrogens with zero attached hydrogens (tertiary/aromatic N) is 1. The first-order valence-corrected chi connectivity index (χ1v) is 6.97. The molecule has 0 aliphatic rings. The molecule has 0 radical (unpaired) electrons. The highest BCUT2D eigenvalue weighted by molar-refractivity contribution is 9.10. The van der Waals surface area contributed by atoms with Gasteiger partial charge >= 0.3 is 0 Å². The van der Waals surface area contributed by atoms with Crippen LogP contribution in [0, 0.1) is 0 Å². The number of aryl methyl sites for hydroxylation is 1. The number of nitrogens with one attached hydrogen (secondary N) is 1. The lowest BCUT2D eigenvalue weighted by molar-refractivity contribution is 0.673. The Balaban J connectivity index is 1.90. The van der Waals surface area contributed by atoms with E-state index in [0.29, 0.717) is 0 Å². The molecule has 2 nitrogen and oxygen atoms in total. The third kappa shape index (κ3) is 3.65. The highest BCUT2D eigenvalue weighted by Gasteiger charge is 2.00. The van der Waals surface area contributed by atoms with E-state index in [1.54, 1.807) is 0 Å². The van der Waals surface area contributed by atoms with Gasteiger partial charge in [-0.1, -0.05) is 41.1 Å². The van der Waals surface area contributed by atoms with Gasteiger partial charge in [-0.3, -0.25) is 4.98 Å². The lowest BCUT2D eigenvalue weighted by Crippen LogP contribution is -2.15. The molecule has 0 bridgehead atoms. The summed E-state index contributed by atoms with van der Waals surface area (Å²) in [5.41, 5.74) is 3.75. The molecular weight excluding hydrogens is 288 g/mol. The number of rotatable bonds is 5. The second-order valence-electron chi connectivity index (χ2n) is 4.19. The molecule has 0 spiro atoms. The Morgan fingerprint density at radius 1 is 1.11 bits per heavy atom. The molecule has 0 saturated carbocycles. The number of hydrogen-bond donors (Lipinski definition) is 1. The molecule has 2 aromatic rings. The van der Waals surface area contributed by atoms with E-state index in [9.17, 15) is 0 Å². The molecule has 18 heavy (non-hydrogen) atoms. The van der Waals surface area contributed by atoms with Crippen LogP contribution in [0.25, 0.3) is 0 Å². The van der Waals surface area contributed by atoms with Crippen LogP contribution in [-0.2, 0) is 19.5 Å². The highest BCUT2D eigenvalue weighted by atomic mass is 79.9. The molecule has 1 aromatic carbocycles. The molecule has 0 saturated heterocycles. The fourth-order valence-electron chi connectivity index (χ4n) is 1.88. The van der Waals surface area contributed by atoms with Crippen molar-refractivity contribution in [2.24, 2.45) is 0 Å². The van der Waals surface area contributed by atoms with Crippen LogP contribution in [0.15, 0.2) is 47.1 Å². The van der Waals surface area contributed by atoms with Gasteiger partial charge in [-0.05, 0) is 35.7 Å². The molecule has 94 valence electrons. The maximum atomic E-state index is 4.42. The Labute approximate surface area is 117 Å². The largest absolute Gasteiger partial charge is 0.307 e. The summed E-state index contributed by atoms with van der Waals surface area (Å²) in [5, 5.41) is 3.43. The van der Waals surface area contributed by atoms with Crippen molar-refractivity contribution in [2.75, 3.05) is 0 Å². The summed E-state index contributed by atoms with van der Waals surface area (Å²) >= 11 is 3.44. The standard InChI is InChI=1S/C15H17BrN2/c1-2-13-4-3-9-18-15(13)11-17-10-12-5-7-14(16)8-6-12/h3-9,17H,2,10-11H2,1H3. The molecule has 1 heterocycles. The highest BCUT2D eigenvalue weighted by Crippen LogP contribution is 2.11. The predicted molar refractivity (Wildman–Crippen MR) is 78.3 cm³/mol. The van der Waals surface area contributed by atoms with Crippen LogP contribution in [0.3, 0.4) is 0 Å². The third-order valence-corrected chi connectivity index (χ3v) is 3.43. The van der Waals surface area contributed by atoms with E-state index >= 15 is 0 Å². The number of aromatic nitrogens is 1. The van der Waals surface area contributed by atoms with Crippen molar-refractivity contribution in [2.45, 2.75) is 26.4 Å². The first-order valence-electron chi connectivity index (χ1n) is 6.17. The van der Waals surface area contributed by atoms with Gasteiger partial charge in [0.15, 0.2) is 0 Å². The van der Waals surface area contributed by atoms with Crippen molar-refractivity contribution in [1.29, 1.82) is 0 Å². The van der Waals surface area contributed by atoms with Crippen LogP contribution in [0.2, 0.25) is 0 Å². The van der Waals surface area contributed by atoms with Gasteiger partial charge in [0.1, 0.15) is 0 Å². The summed E-state index contributed by atoms with van der Waals surface area (Å²) in [4.78, 5) is 4.42. The smallest absolute Gasteiger partial charge is 0.0573 e. The molecule has 1 aromatic heterocycles. The van der Waals surface area contributed by atoms with Gasteiger partial charge in [0.25, 0.3) is 0 Å². The van der Waals surface area contributed by atoms with Gasteiger partial charge in [-0.15, -0.1) is 0 Å². The Morgan fingerprint density at radius 2 is 1.89 bits per heavy atom. The number of halogens is 1. The van der Waals surface area contributed by atoms with Crippen molar-refractivity contribution >= 4 is 15.9 Å². The van der Waals surface area contributed by atoms with Crippen LogP contribution < -0.4 is 5.32 Å². The Morgan fingerprint density at radius 3 is 2.61 bits per heavy atom. The first-order chi connectivity index (χ1) is 8.79. The van der Waals surface area contributed by atoms with Gasteiger partial charge in [0.2, 0.25) is 0 Å². The van der Waals surface area contributed by atoms with E-state index < -0.39 is 0 Å². The summed E-state index contributed by atoms with van der Waals surface area (Å²) in [6.07, 6.45) is 2.89. The average molecular weight is 305 g/mol. The maximum absolute atomic E-state index is 4.42. The minimum Gasteiger partial charge on any atom is -0.307 e. The molecular formula is C15H17BrN2. The second kappa shape index (κ2) is 6.66. The molecule has 0 atom stereocenters. The van der Waals surface area contributed by atoms with E-state index in [-0.39, 0.29) is 0 Å². The zero-order valence-electron chi connectivity index (χ0n) is 10.5. The molecule has 0 unspecified atom stereocenters. The normalized spacial score (nSPS) is 10.6. The molecule has 0 aliphatic heterocycles. The van der Waals surface area contributed by atoms with Gasteiger partial charge in [0.05, 0.1) is 5.69 Å². The Bertz CT molecular complexity index is 494. The van der Waals surface area contributed by atoms with E-state index in [1.807, 2.05) is 12.3 Å². The van der Waals surface area contributed by atoms with Crippen LogP contribution in [-0.4, -0.2) is 4.98 Å². The summed E-state index contributed by atoms with van der Waals surface area (Å²) in [6, 6.07) is 12.5. The van der Waals surface area contributed by atoms with E-state index in [2.05, 4.69) is 63.5 Å². The topological polar surface area (TPSA) is 24.9 Å². The quantitative estimate of drug-likeness (QED) is 0.911. The zero-order chi connectivity index (χ0) is 12.8. The summed E-state index contributed by atoms with van der Waals surface area (Å²) in [6.45, 7) is 3.85. The fourth-order valence-corrected chi connectivity index (χ4v) is 2.14. The van der Waals surface area contributed by atoms with Gasteiger partial charge in [-0.2, -0.15) is 0 Å². The van der Waals surface area contributed by atoms with Crippen molar-refractivity contribution in [1.82, 2.24) is 10.3 Å². The van der Waals surface area contributed by atoms with E-state index in [0.717, 1.165) is 29.7 Å². The van der Waals surface area contributed by atoms with Crippen molar-refractivity contribution < 1.29 is 0 Å². The second-order valence-corrected chi connectivity index (χ2v) is 5.11. The summed E-state index contributed by atoms with van der Waals surface area (Å²) in [7, 11) is 0. The molecule has 0 fully saturated rings.